The summed E-state index contributed by atoms with van der Waals surface area (Å²) >= 11 is 0. The molecule has 3 heteroatoms. The van der Waals surface area contributed by atoms with Crippen LogP contribution in [0.3, 0.4) is 0 Å². The molecule has 0 spiro atoms. The second-order valence-electron chi connectivity index (χ2n) is 6.69. The molecule has 3 aliphatic carbocycles. The lowest BCUT2D eigenvalue weighted by Crippen LogP contribution is -2.24. The molecule has 0 amide bonds. The van der Waals surface area contributed by atoms with Gasteiger partial charge in [0.1, 0.15) is 0 Å². The average Bonchev–Trinajstić information content (AvgIpc) is 2.84. The molecule has 104 valence electrons. The quantitative estimate of drug-likeness (QED) is 0.881. The molecule has 4 unspecified atom stereocenters. The molecule has 1 aromatic rings. The van der Waals surface area contributed by atoms with Crippen molar-refractivity contribution in [1.82, 2.24) is 15.1 Å². The van der Waals surface area contributed by atoms with Crippen LogP contribution in [0.4, 0.5) is 0 Å². The second-order valence-corrected chi connectivity index (χ2v) is 6.69. The zero-order valence-corrected chi connectivity index (χ0v) is 12.1. The SMILES string of the molecule is CCc1cc(CNC2C3C4CCC(C4)C23)n(CC)n1. The van der Waals surface area contributed by atoms with Gasteiger partial charge in [0.05, 0.1) is 11.4 Å². The molecule has 0 aromatic carbocycles. The van der Waals surface area contributed by atoms with Crippen molar-refractivity contribution in [1.29, 1.82) is 0 Å². The molecule has 2 bridgehead atoms. The predicted molar refractivity (Wildman–Crippen MR) is 75.7 cm³/mol. The fraction of sp³-hybridized carbons (Fsp3) is 0.812. The highest BCUT2D eigenvalue weighted by Gasteiger charge is 2.64. The summed E-state index contributed by atoms with van der Waals surface area (Å²) in [6.07, 6.45) is 5.60. The van der Waals surface area contributed by atoms with Crippen molar-refractivity contribution < 1.29 is 0 Å². The highest BCUT2D eigenvalue weighted by Crippen LogP contribution is 2.65. The van der Waals surface area contributed by atoms with Crippen LogP contribution in [0.2, 0.25) is 0 Å². The van der Waals surface area contributed by atoms with E-state index in [2.05, 4.69) is 35.0 Å². The Hall–Kier alpha value is -0.830. The third kappa shape index (κ3) is 1.78. The number of nitrogens with one attached hydrogen (secondary N) is 1. The smallest absolute Gasteiger partial charge is 0.0625 e. The van der Waals surface area contributed by atoms with Gasteiger partial charge in [-0.2, -0.15) is 5.10 Å². The highest BCUT2D eigenvalue weighted by atomic mass is 15.3. The van der Waals surface area contributed by atoms with Crippen molar-refractivity contribution >= 4 is 0 Å². The van der Waals surface area contributed by atoms with E-state index in [-0.39, 0.29) is 0 Å². The van der Waals surface area contributed by atoms with Gasteiger partial charge >= 0.3 is 0 Å². The minimum absolute atomic E-state index is 0.830. The van der Waals surface area contributed by atoms with Crippen molar-refractivity contribution in [3.63, 3.8) is 0 Å². The van der Waals surface area contributed by atoms with Gasteiger partial charge in [-0.1, -0.05) is 6.92 Å². The molecule has 4 rings (SSSR count). The number of hydrogen-bond donors (Lipinski definition) is 1. The summed E-state index contributed by atoms with van der Waals surface area (Å²) in [5.74, 6) is 4.19. The van der Waals surface area contributed by atoms with Crippen LogP contribution in [-0.4, -0.2) is 15.8 Å². The zero-order valence-electron chi connectivity index (χ0n) is 12.1. The summed E-state index contributed by atoms with van der Waals surface area (Å²) in [4.78, 5) is 0. The summed E-state index contributed by atoms with van der Waals surface area (Å²) in [6.45, 7) is 6.36. The van der Waals surface area contributed by atoms with E-state index in [1.54, 1.807) is 6.42 Å². The standard InChI is InChI=1S/C16H25N3/c1-3-12-8-13(19(4-2)18-12)9-17-16-14-10-5-6-11(7-10)15(14)16/h8,10-11,14-17H,3-7,9H2,1-2H3. The second kappa shape index (κ2) is 4.34. The van der Waals surface area contributed by atoms with E-state index in [0.29, 0.717) is 0 Å². The van der Waals surface area contributed by atoms with Crippen LogP contribution in [0.5, 0.6) is 0 Å². The molecule has 1 N–H and O–H groups in total. The predicted octanol–water partition coefficient (Wildman–Crippen LogP) is 2.60. The van der Waals surface area contributed by atoms with Gasteiger partial charge in [-0.15, -0.1) is 0 Å². The highest BCUT2D eigenvalue weighted by molar-refractivity contribution is 5.18. The Morgan fingerprint density at radius 1 is 1.26 bits per heavy atom. The van der Waals surface area contributed by atoms with E-state index >= 15 is 0 Å². The molecule has 3 aliphatic rings. The van der Waals surface area contributed by atoms with Crippen LogP contribution in [0.15, 0.2) is 6.07 Å². The van der Waals surface area contributed by atoms with Crippen molar-refractivity contribution in [2.75, 3.05) is 0 Å². The van der Waals surface area contributed by atoms with Crippen molar-refractivity contribution in [3.05, 3.63) is 17.5 Å². The van der Waals surface area contributed by atoms with Gasteiger partial charge < -0.3 is 5.32 Å². The van der Waals surface area contributed by atoms with Crippen LogP contribution in [0.25, 0.3) is 0 Å². The monoisotopic (exact) mass is 259 g/mol. The van der Waals surface area contributed by atoms with E-state index in [0.717, 1.165) is 49.2 Å². The van der Waals surface area contributed by atoms with Gasteiger partial charge in [0, 0.05) is 19.1 Å². The Labute approximate surface area is 115 Å². The van der Waals surface area contributed by atoms with Crippen LogP contribution < -0.4 is 5.32 Å². The van der Waals surface area contributed by atoms with Gasteiger partial charge in [-0.25, -0.2) is 0 Å². The number of aromatic nitrogens is 2. The first-order valence-corrected chi connectivity index (χ1v) is 8.10. The Morgan fingerprint density at radius 2 is 2.00 bits per heavy atom. The first kappa shape index (κ1) is 12.0. The first-order chi connectivity index (χ1) is 9.31. The topological polar surface area (TPSA) is 29.9 Å². The van der Waals surface area contributed by atoms with Gasteiger partial charge in [0.2, 0.25) is 0 Å². The largest absolute Gasteiger partial charge is 0.308 e. The third-order valence-corrected chi connectivity index (χ3v) is 5.83. The molecule has 1 heterocycles. The molecule has 0 radical (unpaired) electrons. The zero-order chi connectivity index (χ0) is 13.0. The summed E-state index contributed by atoms with van der Waals surface area (Å²) < 4.78 is 2.17. The molecule has 19 heavy (non-hydrogen) atoms. The van der Waals surface area contributed by atoms with E-state index in [4.69, 9.17) is 0 Å². The number of aryl methyl sites for hydroxylation is 2. The minimum Gasteiger partial charge on any atom is -0.308 e. The lowest BCUT2D eigenvalue weighted by molar-refractivity contribution is 0.454. The Morgan fingerprint density at radius 3 is 2.63 bits per heavy atom. The molecule has 0 aliphatic heterocycles. The summed E-state index contributed by atoms with van der Waals surface area (Å²) in [5.41, 5.74) is 2.60. The number of fused-ring (bicyclic) bond motifs is 5. The first-order valence-electron chi connectivity index (χ1n) is 8.10. The molecule has 3 nitrogen and oxygen atoms in total. The fourth-order valence-electron chi connectivity index (χ4n) is 4.92. The van der Waals surface area contributed by atoms with E-state index in [1.807, 2.05) is 0 Å². The molecule has 3 fully saturated rings. The fourth-order valence-corrected chi connectivity index (χ4v) is 4.92. The van der Waals surface area contributed by atoms with Crippen LogP contribution in [-0.2, 0) is 19.5 Å². The van der Waals surface area contributed by atoms with Gasteiger partial charge in [0.25, 0.3) is 0 Å². The van der Waals surface area contributed by atoms with E-state index in [1.165, 1.54) is 24.2 Å². The summed E-state index contributed by atoms with van der Waals surface area (Å²) in [6, 6.07) is 3.11. The number of rotatable bonds is 5. The molecule has 0 saturated heterocycles. The van der Waals surface area contributed by atoms with Crippen LogP contribution >= 0.6 is 0 Å². The lowest BCUT2D eigenvalue weighted by atomic mass is 10.0. The Bertz CT molecular complexity index is 462. The van der Waals surface area contributed by atoms with Crippen molar-refractivity contribution in [3.8, 4) is 0 Å². The normalized spacial score (nSPS) is 38.7. The van der Waals surface area contributed by atoms with Gasteiger partial charge in [0.15, 0.2) is 0 Å². The van der Waals surface area contributed by atoms with Crippen LogP contribution in [0, 0.1) is 23.7 Å². The Kier molecular flexibility index (Phi) is 2.73. The molecule has 4 atom stereocenters. The third-order valence-electron chi connectivity index (χ3n) is 5.83. The maximum Gasteiger partial charge on any atom is 0.0625 e. The maximum absolute atomic E-state index is 4.64. The summed E-state index contributed by atoms with van der Waals surface area (Å²) in [5, 5.41) is 8.46. The van der Waals surface area contributed by atoms with Crippen LogP contribution in [0.1, 0.15) is 44.5 Å². The number of nitrogens with zero attached hydrogens (tertiary/aromatic N) is 2. The Balaban J connectivity index is 1.40. The minimum atomic E-state index is 0.830. The molecule has 3 saturated carbocycles. The van der Waals surface area contributed by atoms with E-state index in [9.17, 15) is 0 Å². The molecular formula is C16H25N3. The van der Waals surface area contributed by atoms with Crippen molar-refractivity contribution in [2.45, 2.75) is 58.7 Å². The van der Waals surface area contributed by atoms with E-state index < -0.39 is 0 Å². The molecular weight excluding hydrogens is 234 g/mol. The maximum atomic E-state index is 4.64. The number of hydrogen-bond acceptors (Lipinski definition) is 2. The van der Waals surface area contributed by atoms with Crippen molar-refractivity contribution in [2.24, 2.45) is 23.7 Å². The summed E-state index contributed by atoms with van der Waals surface area (Å²) in [7, 11) is 0. The lowest BCUT2D eigenvalue weighted by Gasteiger charge is -2.11. The molecule has 1 aromatic heterocycles. The van der Waals surface area contributed by atoms with Gasteiger partial charge in [-0.3, -0.25) is 4.68 Å². The average molecular weight is 259 g/mol. The van der Waals surface area contributed by atoms with Gasteiger partial charge in [-0.05, 0) is 62.3 Å².